The SMILES string of the molecule is Cc1ccc(/C=C/C(=O)N2CCN(C(=O)CN3CCOCC3)CC2)c(C)c1. The van der Waals surface area contributed by atoms with Gasteiger partial charge in [-0.15, -0.1) is 0 Å². The van der Waals surface area contributed by atoms with E-state index in [2.05, 4.69) is 30.9 Å². The maximum atomic E-state index is 12.5. The Hall–Kier alpha value is -2.18. The van der Waals surface area contributed by atoms with Gasteiger partial charge in [0.15, 0.2) is 0 Å². The third-order valence-corrected chi connectivity index (χ3v) is 5.24. The fraction of sp³-hybridized carbons (Fsp3) is 0.524. The Morgan fingerprint density at radius 3 is 2.33 bits per heavy atom. The van der Waals surface area contributed by atoms with Gasteiger partial charge < -0.3 is 14.5 Å². The molecule has 146 valence electrons. The zero-order valence-corrected chi connectivity index (χ0v) is 16.3. The zero-order valence-electron chi connectivity index (χ0n) is 16.3. The predicted molar refractivity (Wildman–Crippen MR) is 105 cm³/mol. The minimum atomic E-state index is 0.00949. The van der Waals surface area contributed by atoms with Gasteiger partial charge >= 0.3 is 0 Å². The van der Waals surface area contributed by atoms with Gasteiger partial charge in [-0.3, -0.25) is 14.5 Å². The molecule has 0 aromatic heterocycles. The molecule has 2 amide bonds. The first-order valence-electron chi connectivity index (χ1n) is 9.65. The van der Waals surface area contributed by atoms with Gasteiger partial charge in [-0.1, -0.05) is 23.8 Å². The van der Waals surface area contributed by atoms with Crippen molar-refractivity contribution in [2.75, 3.05) is 59.0 Å². The van der Waals surface area contributed by atoms with Crippen LogP contribution < -0.4 is 0 Å². The standard InChI is InChI=1S/C21H29N3O3/c1-17-3-4-19(18(2)15-17)5-6-20(25)23-7-9-24(10-8-23)21(26)16-22-11-13-27-14-12-22/h3-6,15H,7-14,16H2,1-2H3/b6-5+. The smallest absolute Gasteiger partial charge is 0.246 e. The molecule has 6 heteroatoms. The first-order valence-corrected chi connectivity index (χ1v) is 9.65. The largest absolute Gasteiger partial charge is 0.379 e. The molecule has 0 aliphatic carbocycles. The minimum Gasteiger partial charge on any atom is -0.379 e. The highest BCUT2D eigenvalue weighted by atomic mass is 16.5. The van der Waals surface area contributed by atoms with E-state index >= 15 is 0 Å². The van der Waals surface area contributed by atoms with Crippen LogP contribution in [0.15, 0.2) is 24.3 Å². The fourth-order valence-electron chi connectivity index (χ4n) is 3.51. The van der Waals surface area contributed by atoms with Crippen LogP contribution >= 0.6 is 0 Å². The van der Waals surface area contributed by atoms with Crippen LogP contribution in [-0.4, -0.2) is 85.5 Å². The molecule has 2 aliphatic heterocycles. The van der Waals surface area contributed by atoms with Crippen LogP contribution in [0.2, 0.25) is 0 Å². The maximum absolute atomic E-state index is 12.5. The van der Waals surface area contributed by atoms with Crippen LogP contribution in [0, 0.1) is 13.8 Å². The second-order valence-electron chi connectivity index (χ2n) is 7.29. The van der Waals surface area contributed by atoms with E-state index in [9.17, 15) is 9.59 Å². The lowest BCUT2D eigenvalue weighted by molar-refractivity contribution is -0.138. The second kappa shape index (κ2) is 9.15. The van der Waals surface area contributed by atoms with Crippen molar-refractivity contribution in [1.82, 2.24) is 14.7 Å². The number of nitrogens with zero attached hydrogens (tertiary/aromatic N) is 3. The van der Waals surface area contributed by atoms with E-state index in [-0.39, 0.29) is 11.8 Å². The van der Waals surface area contributed by atoms with Gasteiger partial charge in [-0.25, -0.2) is 0 Å². The molecule has 3 rings (SSSR count). The van der Waals surface area contributed by atoms with Crippen molar-refractivity contribution in [3.05, 3.63) is 41.0 Å². The van der Waals surface area contributed by atoms with E-state index in [4.69, 9.17) is 4.74 Å². The molecule has 2 aliphatic rings. The molecular formula is C21H29N3O3. The molecule has 1 aromatic rings. The number of hydrogen-bond acceptors (Lipinski definition) is 4. The number of ether oxygens (including phenoxy) is 1. The molecular weight excluding hydrogens is 342 g/mol. The summed E-state index contributed by atoms with van der Waals surface area (Å²) in [5.41, 5.74) is 3.44. The van der Waals surface area contributed by atoms with Gasteiger partial charge in [0, 0.05) is 45.3 Å². The lowest BCUT2D eigenvalue weighted by atomic mass is 10.1. The normalized spacial score (nSPS) is 18.9. The average Bonchev–Trinajstić information content (AvgIpc) is 2.68. The fourth-order valence-corrected chi connectivity index (χ4v) is 3.51. The summed E-state index contributed by atoms with van der Waals surface area (Å²) in [4.78, 5) is 30.7. The first-order chi connectivity index (χ1) is 13.0. The number of rotatable bonds is 4. The zero-order chi connectivity index (χ0) is 19.2. The first kappa shape index (κ1) is 19.6. The van der Waals surface area contributed by atoms with Crippen molar-refractivity contribution in [3.8, 4) is 0 Å². The van der Waals surface area contributed by atoms with Crippen LogP contribution in [0.5, 0.6) is 0 Å². The van der Waals surface area contributed by atoms with E-state index in [1.165, 1.54) is 5.56 Å². The van der Waals surface area contributed by atoms with Crippen molar-refractivity contribution in [1.29, 1.82) is 0 Å². The molecule has 6 nitrogen and oxygen atoms in total. The van der Waals surface area contributed by atoms with E-state index in [1.807, 2.05) is 21.9 Å². The van der Waals surface area contributed by atoms with Gasteiger partial charge in [-0.2, -0.15) is 0 Å². The van der Waals surface area contributed by atoms with Crippen LogP contribution in [0.3, 0.4) is 0 Å². The van der Waals surface area contributed by atoms with E-state index in [0.29, 0.717) is 45.9 Å². The molecule has 0 radical (unpaired) electrons. The monoisotopic (exact) mass is 371 g/mol. The molecule has 27 heavy (non-hydrogen) atoms. The quantitative estimate of drug-likeness (QED) is 0.749. The highest BCUT2D eigenvalue weighted by Gasteiger charge is 2.24. The Morgan fingerprint density at radius 1 is 1.00 bits per heavy atom. The summed E-state index contributed by atoms with van der Waals surface area (Å²) in [5, 5.41) is 0. The van der Waals surface area contributed by atoms with E-state index < -0.39 is 0 Å². The molecule has 0 atom stereocenters. The summed E-state index contributed by atoms with van der Waals surface area (Å²) in [5.74, 6) is 0.157. The number of morpholine rings is 1. The molecule has 0 spiro atoms. The van der Waals surface area contributed by atoms with Crippen molar-refractivity contribution < 1.29 is 14.3 Å². The second-order valence-corrected chi connectivity index (χ2v) is 7.29. The van der Waals surface area contributed by atoms with Crippen LogP contribution in [0.4, 0.5) is 0 Å². The summed E-state index contributed by atoms with van der Waals surface area (Å²) in [6, 6.07) is 6.20. The summed E-state index contributed by atoms with van der Waals surface area (Å²) < 4.78 is 5.32. The number of aryl methyl sites for hydroxylation is 2. The van der Waals surface area contributed by atoms with Crippen LogP contribution in [0.25, 0.3) is 6.08 Å². The molecule has 0 bridgehead atoms. The number of carbonyl (C=O) groups is 2. The minimum absolute atomic E-state index is 0.00949. The Morgan fingerprint density at radius 2 is 1.67 bits per heavy atom. The summed E-state index contributed by atoms with van der Waals surface area (Å²) in [7, 11) is 0. The predicted octanol–water partition coefficient (Wildman–Crippen LogP) is 1.32. The van der Waals surface area contributed by atoms with Gasteiger partial charge in [0.25, 0.3) is 0 Å². The summed E-state index contributed by atoms with van der Waals surface area (Å²) >= 11 is 0. The van der Waals surface area contributed by atoms with Crippen molar-refractivity contribution in [2.45, 2.75) is 13.8 Å². The van der Waals surface area contributed by atoms with Crippen LogP contribution in [-0.2, 0) is 14.3 Å². The third-order valence-electron chi connectivity index (χ3n) is 5.24. The highest BCUT2D eigenvalue weighted by molar-refractivity contribution is 5.92. The topological polar surface area (TPSA) is 53.1 Å². The molecule has 0 unspecified atom stereocenters. The lowest BCUT2D eigenvalue weighted by Crippen LogP contribution is -2.53. The molecule has 0 saturated carbocycles. The molecule has 2 heterocycles. The number of piperazine rings is 1. The highest BCUT2D eigenvalue weighted by Crippen LogP contribution is 2.13. The number of benzene rings is 1. The van der Waals surface area contributed by atoms with Gasteiger partial charge in [-0.05, 0) is 31.1 Å². The van der Waals surface area contributed by atoms with Crippen molar-refractivity contribution in [2.24, 2.45) is 0 Å². The van der Waals surface area contributed by atoms with Crippen molar-refractivity contribution >= 4 is 17.9 Å². The molecule has 1 aromatic carbocycles. The molecule has 0 N–H and O–H groups in total. The van der Waals surface area contributed by atoms with E-state index in [0.717, 1.165) is 24.2 Å². The van der Waals surface area contributed by atoms with E-state index in [1.54, 1.807) is 6.08 Å². The van der Waals surface area contributed by atoms with Gasteiger partial charge in [0.1, 0.15) is 0 Å². The maximum Gasteiger partial charge on any atom is 0.246 e. The Kier molecular flexibility index (Phi) is 6.63. The number of hydrogen-bond donors (Lipinski definition) is 0. The number of amides is 2. The lowest BCUT2D eigenvalue weighted by Gasteiger charge is -2.36. The van der Waals surface area contributed by atoms with Gasteiger partial charge in [0.05, 0.1) is 19.8 Å². The Bertz CT molecular complexity index is 703. The number of carbonyl (C=O) groups excluding carboxylic acids is 2. The average molecular weight is 371 g/mol. The molecule has 2 saturated heterocycles. The summed E-state index contributed by atoms with van der Waals surface area (Å²) in [6.07, 6.45) is 3.52. The van der Waals surface area contributed by atoms with Gasteiger partial charge in [0.2, 0.25) is 11.8 Å². The third kappa shape index (κ3) is 5.40. The van der Waals surface area contributed by atoms with Crippen molar-refractivity contribution in [3.63, 3.8) is 0 Å². The molecule has 2 fully saturated rings. The Labute approximate surface area is 161 Å². The summed E-state index contributed by atoms with van der Waals surface area (Å²) in [6.45, 7) is 9.96. The van der Waals surface area contributed by atoms with Crippen LogP contribution in [0.1, 0.15) is 16.7 Å². The Balaban J connectivity index is 1.47.